The van der Waals surface area contributed by atoms with E-state index in [4.69, 9.17) is 25.8 Å². The summed E-state index contributed by atoms with van der Waals surface area (Å²) in [6.45, 7) is 3.92. The van der Waals surface area contributed by atoms with Gasteiger partial charge in [-0.2, -0.15) is 5.10 Å². The van der Waals surface area contributed by atoms with E-state index < -0.39 is 5.97 Å². The maximum atomic E-state index is 12.3. The summed E-state index contributed by atoms with van der Waals surface area (Å²) < 4.78 is 17.3. The van der Waals surface area contributed by atoms with Gasteiger partial charge in [0.25, 0.3) is 0 Å². The number of anilines is 1. The minimum absolute atomic E-state index is 0.0705. The molecular weight excluding hydrogens is 374 g/mol. The minimum atomic E-state index is -0.412. The van der Waals surface area contributed by atoms with Gasteiger partial charge in [0, 0.05) is 17.9 Å². The zero-order chi connectivity index (χ0) is 19.1. The van der Waals surface area contributed by atoms with Gasteiger partial charge >= 0.3 is 5.97 Å². The molecule has 2 aliphatic heterocycles. The highest BCUT2D eigenvalue weighted by Gasteiger charge is 2.34. The Hall–Kier alpha value is -2.74. The van der Waals surface area contributed by atoms with Crippen molar-refractivity contribution in [2.24, 2.45) is 0 Å². The Morgan fingerprint density at radius 2 is 2.26 bits per heavy atom. The third kappa shape index (κ3) is 3.10. The topological polar surface area (TPSA) is 91.7 Å². The van der Waals surface area contributed by atoms with E-state index in [1.165, 1.54) is 4.68 Å². The van der Waals surface area contributed by atoms with E-state index in [2.05, 4.69) is 10.4 Å². The van der Waals surface area contributed by atoms with E-state index in [0.717, 1.165) is 16.8 Å². The minimum Gasteiger partial charge on any atom is -0.465 e. The number of hydrogen-bond donors (Lipinski definition) is 1. The van der Waals surface area contributed by atoms with Crippen molar-refractivity contribution >= 4 is 29.3 Å². The molecule has 0 fully saturated rings. The molecule has 0 spiro atoms. The van der Waals surface area contributed by atoms with Crippen LogP contribution in [0.1, 0.15) is 36.1 Å². The molecule has 27 heavy (non-hydrogen) atoms. The van der Waals surface area contributed by atoms with Crippen LogP contribution < -0.4 is 14.8 Å². The summed E-state index contributed by atoms with van der Waals surface area (Å²) in [5, 5.41) is 7.69. The van der Waals surface area contributed by atoms with Crippen LogP contribution in [-0.2, 0) is 20.9 Å². The van der Waals surface area contributed by atoms with Crippen LogP contribution in [0.3, 0.4) is 0 Å². The number of ether oxygens (including phenoxy) is 3. The largest absolute Gasteiger partial charge is 0.465 e. The lowest BCUT2D eigenvalue weighted by molar-refractivity contribution is -0.144. The molecule has 1 aromatic heterocycles. The zero-order valence-electron chi connectivity index (χ0n) is 14.9. The van der Waals surface area contributed by atoms with Crippen LogP contribution in [0.2, 0.25) is 5.02 Å². The summed E-state index contributed by atoms with van der Waals surface area (Å²) in [5.74, 6) is 0.751. The van der Waals surface area contributed by atoms with Gasteiger partial charge in [-0.3, -0.25) is 9.59 Å². The summed E-state index contributed by atoms with van der Waals surface area (Å²) in [6, 6.07) is 3.62. The molecule has 1 amide bonds. The van der Waals surface area contributed by atoms with Gasteiger partial charge in [-0.25, -0.2) is 4.68 Å². The molecule has 0 bridgehead atoms. The van der Waals surface area contributed by atoms with Crippen molar-refractivity contribution in [1.82, 2.24) is 9.78 Å². The Bertz CT molecular complexity index is 940. The summed E-state index contributed by atoms with van der Waals surface area (Å²) in [5.41, 5.74) is 2.42. The smallest absolute Gasteiger partial charge is 0.327 e. The highest BCUT2D eigenvalue weighted by Crippen LogP contribution is 2.45. The SMILES string of the molecule is CCOC(=O)Cn1nc(C)c2c1NC(=O)C[C@@H]2c1cc(Cl)c2c(c1)OCO2. The van der Waals surface area contributed by atoms with Crippen molar-refractivity contribution in [3.8, 4) is 11.5 Å². The molecule has 2 aromatic rings. The molecule has 0 radical (unpaired) electrons. The highest BCUT2D eigenvalue weighted by atomic mass is 35.5. The number of carbonyl (C=O) groups is 2. The third-order valence-electron chi connectivity index (χ3n) is 4.61. The van der Waals surface area contributed by atoms with Crippen molar-refractivity contribution in [2.75, 3.05) is 18.7 Å². The van der Waals surface area contributed by atoms with Crippen LogP contribution >= 0.6 is 11.6 Å². The van der Waals surface area contributed by atoms with Crippen LogP contribution in [0.25, 0.3) is 0 Å². The van der Waals surface area contributed by atoms with E-state index in [-0.39, 0.29) is 38.2 Å². The number of halogens is 1. The number of aryl methyl sites for hydroxylation is 1. The first-order chi connectivity index (χ1) is 13.0. The molecule has 9 heteroatoms. The second-order valence-electron chi connectivity index (χ2n) is 6.35. The lowest BCUT2D eigenvalue weighted by atomic mass is 9.85. The Morgan fingerprint density at radius 3 is 3.04 bits per heavy atom. The number of benzene rings is 1. The number of amides is 1. The molecule has 4 rings (SSSR count). The first-order valence-electron chi connectivity index (χ1n) is 8.59. The van der Waals surface area contributed by atoms with Crippen LogP contribution in [0, 0.1) is 6.92 Å². The average molecular weight is 392 g/mol. The molecule has 8 nitrogen and oxygen atoms in total. The zero-order valence-corrected chi connectivity index (χ0v) is 15.6. The van der Waals surface area contributed by atoms with Gasteiger partial charge in [0.1, 0.15) is 12.4 Å². The van der Waals surface area contributed by atoms with Crippen molar-refractivity contribution in [3.63, 3.8) is 0 Å². The maximum absolute atomic E-state index is 12.3. The fourth-order valence-corrected chi connectivity index (χ4v) is 3.80. The second-order valence-corrected chi connectivity index (χ2v) is 6.76. The fraction of sp³-hybridized carbons (Fsp3) is 0.389. The monoisotopic (exact) mass is 391 g/mol. The Kier molecular flexibility index (Phi) is 4.43. The van der Waals surface area contributed by atoms with Crippen LogP contribution in [0.15, 0.2) is 12.1 Å². The number of rotatable bonds is 4. The lowest BCUT2D eigenvalue weighted by Gasteiger charge is -2.24. The van der Waals surface area contributed by atoms with Gasteiger partial charge in [0.05, 0.1) is 17.3 Å². The van der Waals surface area contributed by atoms with Crippen molar-refractivity contribution in [3.05, 3.63) is 34.0 Å². The number of nitrogens with one attached hydrogen (secondary N) is 1. The van der Waals surface area contributed by atoms with E-state index >= 15 is 0 Å². The van der Waals surface area contributed by atoms with E-state index in [1.807, 2.05) is 13.0 Å². The van der Waals surface area contributed by atoms with E-state index in [1.54, 1.807) is 13.0 Å². The van der Waals surface area contributed by atoms with Crippen molar-refractivity contribution in [1.29, 1.82) is 0 Å². The van der Waals surface area contributed by atoms with E-state index in [9.17, 15) is 9.59 Å². The predicted molar refractivity (Wildman–Crippen MR) is 96.3 cm³/mol. The molecule has 0 aliphatic carbocycles. The molecule has 142 valence electrons. The van der Waals surface area contributed by atoms with Crippen LogP contribution in [-0.4, -0.2) is 35.1 Å². The molecule has 1 atom stereocenters. The normalized spacial score (nSPS) is 17.4. The number of nitrogens with zero attached hydrogens (tertiary/aromatic N) is 2. The molecule has 0 saturated carbocycles. The van der Waals surface area contributed by atoms with Crippen molar-refractivity contribution in [2.45, 2.75) is 32.7 Å². The molecule has 1 N–H and O–H groups in total. The van der Waals surface area contributed by atoms with Gasteiger partial charge in [0.2, 0.25) is 12.7 Å². The summed E-state index contributed by atoms with van der Waals surface area (Å²) in [7, 11) is 0. The number of aromatic nitrogens is 2. The average Bonchev–Trinajstić information content (AvgIpc) is 3.20. The first kappa shape index (κ1) is 17.7. The summed E-state index contributed by atoms with van der Waals surface area (Å²) in [6.07, 6.45) is 0.245. The molecule has 1 aromatic carbocycles. The van der Waals surface area contributed by atoms with Gasteiger partial charge in [0.15, 0.2) is 11.5 Å². The quantitative estimate of drug-likeness (QED) is 0.805. The Balaban J connectivity index is 1.76. The van der Waals surface area contributed by atoms with Crippen LogP contribution in [0.5, 0.6) is 11.5 Å². The fourth-order valence-electron chi connectivity index (χ4n) is 3.53. The molecule has 0 saturated heterocycles. The van der Waals surface area contributed by atoms with Crippen LogP contribution in [0.4, 0.5) is 5.82 Å². The molecule has 3 heterocycles. The maximum Gasteiger partial charge on any atom is 0.327 e. The summed E-state index contributed by atoms with van der Waals surface area (Å²) >= 11 is 6.32. The number of carbonyl (C=O) groups excluding carboxylic acids is 2. The molecular formula is C18H18ClN3O5. The number of hydrogen-bond acceptors (Lipinski definition) is 6. The highest BCUT2D eigenvalue weighted by molar-refractivity contribution is 6.32. The first-order valence-corrected chi connectivity index (χ1v) is 8.97. The van der Waals surface area contributed by atoms with Gasteiger partial charge in [-0.15, -0.1) is 0 Å². The number of esters is 1. The molecule has 2 aliphatic rings. The van der Waals surface area contributed by atoms with Gasteiger partial charge in [-0.1, -0.05) is 11.6 Å². The number of fused-ring (bicyclic) bond motifs is 2. The molecule has 0 unspecified atom stereocenters. The van der Waals surface area contributed by atoms with Gasteiger partial charge in [-0.05, 0) is 31.5 Å². The second kappa shape index (κ2) is 6.77. The van der Waals surface area contributed by atoms with Gasteiger partial charge < -0.3 is 19.5 Å². The standard InChI is InChI=1S/C18H18ClN3O5/c1-3-25-15(24)7-22-18-16(9(2)21-22)11(6-14(23)20-18)10-4-12(19)17-13(5-10)26-8-27-17/h4-5,11H,3,6-8H2,1-2H3,(H,20,23)/t11-/m1/s1. The summed E-state index contributed by atoms with van der Waals surface area (Å²) in [4.78, 5) is 24.2. The van der Waals surface area contributed by atoms with E-state index in [0.29, 0.717) is 22.3 Å². The predicted octanol–water partition coefficient (Wildman–Crippen LogP) is 2.61. The third-order valence-corrected chi connectivity index (χ3v) is 4.89. The Labute approximate surface area is 160 Å². The lowest BCUT2D eigenvalue weighted by Crippen LogP contribution is -2.26. The van der Waals surface area contributed by atoms with Crippen molar-refractivity contribution < 1.29 is 23.8 Å². The Morgan fingerprint density at radius 1 is 1.44 bits per heavy atom.